The lowest BCUT2D eigenvalue weighted by Gasteiger charge is -2.07. The van der Waals surface area contributed by atoms with Crippen molar-refractivity contribution in [3.8, 4) is 22.8 Å². The van der Waals surface area contributed by atoms with Gasteiger partial charge in [0.25, 0.3) is 5.91 Å². The van der Waals surface area contributed by atoms with E-state index in [1.54, 1.807) is 18.2 Å². The Morgan fingerprint density at radius 2 is 2.15 bits per heavy atom. The standard InChI is InChI=1S/C19H17BrN4O3/c1-2-27-18-6-4-3-5-14(18)15-10-16(23-22-15)19(26)24-21-11-12-9-13(20)7-8-17(12)25/h3-11,25H,2H2,1H3,(H,22,23)(H,24,26)/b21-11-. The maximum Gasteiger partial charge on any atom is 0.289 e. The van der Waals surface area contributed by atoms with Crippen LogP contribution in [0.1, 0.15) is 23.0 Å². The first-order valence-electron chi connectivity index (χ1n) is 8.18. The van der Waals surface area contributed by atoms with E-state index in [0.29, 0.717) is 23.6 Å². The van der Waals surface area contributed by atoms with Crippen molar-refractivity contribution in [1.82, 2.24) is 15.6 Å². The van der Waals surface area contributed by atoms with E-state index in [-0.39, 0.29) is 11.4 Å². The van der Waals surface area contributed by atoms with E-state index in [2.05, 4.69) is 36.7 Å². The Kier molecular flexibility index (Phi) is 5.87. The molecule has 1 heterocycles. The van der Waals surface area contributed by atoms with Crippen molar-refractivity contribution >= 4 is 28.1 Å². The van der Waals surface area contributed by atoms with Crippen molar-refractivity contribution < 1.29 is 14.6 Å². The normalized spacial score (nSPS) is 10.9. The number of phenols is 1. The molecular formula is C19H17BrN4O3. The van der Waals surface area contributed by atoms with Crippen LogP contribution in [-0.4, -0.2) is 34.0 Å². The van der Waals surface area contributed by atoms with Crippen LogP contribution in [0.3, 0.4) is 0 Å². The first-order valence-corrected chi connectivity index (χ1v) is 8.97. The van der Waals surface area contributed by atoms with Crippen LogP contribution in [0.5, 0.6) is 11.5 Å². The van der Waals surface area contributed by atoms with Crippen molar-refractivity contribution in [1.29, 1.82) is 0 Å². The average molecular weight is 429 g/mol. The highest BCUT2D eigenvalue weighted by Gasteiger charge is 2.13. The number of aromatic amines is 1. The number of halogens is 1. The molecule has 1 amide bonds. The molecule has 27 heavy (non-hydrogen) atoms. The number of carbonyl (C=O) groups is 1. The highest BCUT2D eigenvalue weighted by Crippen LogP contribution is 2.28. The van der Waals surface area contributed by atoms with E-state index < -0.39 is 5.91 Å². The monoisotopic (exact) mass is 428 g/mol. The summed E-state index contributed by atoms with van der Waals surface area (Å²) in [5.41, 5.74) is 4.51. The first kappa shape index (κ1) is 18.7. The van der Waals surface area contributed by atoms with Gasteiger partial charge < -0.3 is 9.84 Å². The van der Waals surface area contributed by atoms with E-state index >= 15 is 0 Å². The Bertz CT molecular complexity index is 985. The first-order chi connectivity index (χ1) is 13.1. The predicted octanol–water partition coefficient (Wildman–Crippen LogP) is 3.71. The second-order valence-corrected chi connectivity index (χ2v) is 6.41. The van der Waals surface area contributed by atoms with Crippen molar-refractivity contribution in [3.05, 3.63) is 64.3 Å². The number of amides is 1. The van der Waals surface area contributed by atoms with Gasteiger partial charge >= 0.3 is 0 Å². The van der Waals surface area contributed by atoms with E-state index in [9.17, 15) is 9.90 Å². The van der Waals surface area contributed by atoms with Crippen LogP contribution in [-0.2, 0) is 0 Å². The maximum atomic E-state index is 12.2. The van der Waals surface area contributed by atoms with Crippen LogP contribution in [0.15, 0.2) is 58.1 Å². The summed E-state index contributed by atoms with van der Waals surface area (Å²) >= 11 is 3.31. The number of rotatable bonds is 6. The van der Waals surface area contributed by atoms with Gasteiger partial charge in [0.1, 0.15) is 17.2 Å². The maximum absolute atomic E-state index is 12.2. The molecule has 3 N–H and O–H groups in total. The highest BCUT2D eigenvalue weighted by molar-refractivity contribution is 9.10. The number of carbonyl (C=O) groups excluding carboxylic acids is 1. The zero-order valence-corrected chi connectivity index (χ0v) is 16.0. The van der Waals surface area contributed by atoms with Gasteiger partial charge in [-0.3, -0.25) is 9.89 Å². The third-order valence-electron chi connectivity index (χ3n) is 3.64. The molecule has 7 nitrogen and oxygen atoms in total. The third-order valence-corrected chi connectivity index (χ3v) is 4.14. The van der Waals surface area contributed by atoms with Gasteiger partial charge in [0, 0.05) is 15.6 Å². The second-order valence-electron chi connectivity index (χ2n) is 5.50. The van der Waals surface area contributed by atoms with Crippen molar-refractivity contribution in [2.45, 2.75) is 6.92 Å². The molecule has 0 aliphatic heterocycles. The minimum Gasteiger partial charge on any atom is -0.507 e. The Morgan fingerprint density at radius 3 is 2.96 bits per heavy atom. The molecule has 0 aliphatic carbocycles. The van der Waals surface area contributed by atoms with Crippen molar-refractivity contribution in [2.75, 3.05) is 6.61 Å². The van der Waals surface area contributed by atoms with Crippen LogP contribution >= 0.6 is 15.9 Å². The number of benzene rings is 2. The molecule has 3 aromatic rings. The van der Waals surface area contributed by atoms with Crippen LogP contribution in [0.4, 0.5) is 0 Å². The van der Waals surface area contributed by atoms with Crippen LogP contribution in [0, 0.1) is 0 Å². The molecular weight excluding hydrogens is 412 g/mol. The van der Waals surface area contributed by atoms with Gasteiger partial charge in [0.05, 0.1) is 18.5 Å². The molecule has 0 aliphatic rings. The Morgan fingerprint density at radius 1 is 1.33 bits per heavy atom. The lowest BCUT2D eigenvalue weighted by Crippen LogP contribution is -2.18. The molecule has 0 saturated heterocycles. The van der Waals surface area contributed by atoms with Gasteiger partial charge in [-0.25, -0.2) is 5.43 Å². The van der Waals surface area contributed by atoms with Crippen LogP contribution in [0.2, 0.25) is 0 Å². The lowest BCUT2D eigenvalue weighted by molar-refractivity contribution is 0.0950. The fourth-order valence-electron chi connectivity index (χ4n) is 2.39. The van der Waals surface area contributed by atoms with Gasteiger partial charge in [-0.05, 0) is 43.3 Å². The van der Waals surface area contributed by atoms with Crippen molar-refractivity contribution in [2.24, 2.45) is 5.10 Å². The topological polar surface area (TPSA) is 99.6 Å². The smallest absolute Gasteiger partial charge is 0.289 e. The number of aromatic nitrogens is 2. The highest BCUT2D eigenvalue weighted by atomic mass is 79.9. The molecule has 0 atom stereocenters. The lowest BCUT2D eigenvalue weighted by atomic mass is 10.1. The molecule has 3 rings (SSSR count). The number of nitrogens with one attached hydrogen (secondary N) is 2. The number of hydrogen-bond donors (Lipinski definition) is 3. The zero-order chi connectivity index (χ0) is 19.2. The molecule has 0 fully saturated rings. The quantitative estimate of drug-likeness (QED) is 0.411. The van der Waals surface area contributed by atoms with Crippen molar-refractivity contribution in [3.63, 3.8) is 0 Å². The molecule has 2 aromatic carbocycles. The molecule has 0 saturated carbocycles. The number of phenolic OH excluding ortho intramolecular Hbond substituents is 1. The van der Waals surface area contributed by atoms with Crippen LogP contribution in [0.25, 0.3) is 11.3 Å². The third kappa shape index (κ3) is 4.53. The molecule has 1 aromatic heterocycles. The Hall–Kier alpha value is -3.13. The summed E-state index contributed by atoms with van der Waals surface area (Å²) in [6, 6.07) is 14.0. The molecule has 0 spiro atoms. The molecule has 0 bridgehead atoms. The van der Waals surface area contributed by atoms with Gasteiger partial charge in [-0.15, -0.1) is 0 Å². The summed E-state index contributed by atoms with van der Waals surface area (Å²) in [6.07, 6.45) is 1.36. The minimum absolute atomic E-state index is 0.0626. The van der Waals surface area contributed by atoms with Gasteiger partial charge in [0.15, 0.2) is 0 Å². The fourth-order valence-corrected chi connectivity index (χ4v) is 2.76. The number of H-pyrrole nitrogens is 1. The van der Waals surface area contributed by atoms with E-state index in [4.69, 9.17) is 4.74 Å². The minimum atomic E-state index is -0.451. The molecule has 0 radical (unpaired) electrons. The van der Waals surface area contributed by atoms with E-state index in [1.165, 1.54) is 12.3 Å². The van der Waals surface area contributed by atoms with E-state index in [1.807, 2.05) is 31.2 Å². The molecule has 138 valence electrons. The summed E-state index contributed by atoms with van der Waals surface area (Å²) in [4.78, 5) is 12.2. The summed E-state index contributed by atoms with van der Waals surface area (Å²) < 4.78 is 6.38. The predicted molar refractivity (Wildman–Crippen MR) is 106 cm³/mol. The largest absolute Gasteiger partial charge is 0.507 e. The van der Waals surface area contributed by atoms with Crippen LogP contribution < -0.4 is 10.2 Å². The fraction of sp³-hybridized carbons (Fsp3) is 0.105. The molecule has 8 heteroatoms. The summed E-state index contributed by atoms with van der Waals surface area (Å²) in [5, 5.41) is 20.5. The van der Waals surface area contributed by atoms with Gasteiger partial charge in [0.2, 0.25) is 0 Å². The Balaban J connectivity index is 1.72. The number of aromatic hydroxyl groups is 1. The number of para-hydroxylation sites is 1. The average Bonchev–Trinajstić information content (AvgIpc) is 3.15. The zero-order valence-electron chi connectivity index (χ0n) is 14.4. The Labute approximate surface area is 164 Å². The summed E-state index contributed by atoms with van der Waals surface area (Å²) in [7, 11) is 0. The SMILES string of the molecule is CCOc1ccccc1-c1cc(C(=O)N/N=C\c2cc(Br)ccc2O)[nH]n1. The second kappa shape index (κ2) is 8.50. The van der Waals surface area contributed by atoms with E-state index in [0.717, 1.165) is 10.0 Å². The number of ether oxygens (including phenoxy) is 1. The number of nitrogens with zero attached hydrogens (tertiary/aromatic N) is 2. The summed E-state index contributed by atoms with van der Waals surface area (Å²) in [5.74, 6) is 0.308. The van der Waals surface area contributed by atoms with Gasteiger partial charge in [-0.2, -0.15) is 10.2 Å². The number of hydrazone groups is 1. The summed E-state index contributed by atoms with van der Waals surface area (Å²) in [6.45, 7) is 2.44. The number of hydrogen-bond acceptors (Lipinski definition) is 5. The van der Waals surface area contributed by atoms with Gasteiger partial charge in [-0.1, -0.05) is 28.1 Å². The molecule has 0 unspecified atom stereocenters.